The quantitative estimate of drug-likeness (QED) is 0.656. The Bertz CT molecular complexity index is 990. The average molecular weight is 378 g/mol. The number of ketones is 1. The Morgan fingerprint density at radius 3 is 2.50 bits per heavy atom. The molecule has 3 aromatic rings. The summed E-state index contributed by atoms with van der Waals surface area (Å²) in [6, 6.07) is 14.0. The Balaban J connectivity index is 2.26. The van der Waals surface area contributed by atoms with Gasteiger partial charge in [0.05, 0.1) is 11.8 Å². The Kier molecular flexibility index (Phi) is 3.66. The number of nitrogens with zero attached hydrogens (tertiary/aromatic N) is 1. The molecule has 4 nitrogen and oxygen atoms in total. The highest BCUT2D eigenvalue weighted by atomic mass is 79.9. The topological polar surface area (TPSA) is 56.1 Å². The van der Waals surface area contributed by atoms with Crippen LogP contribution in [0.15, 0.2) is 59.2 Å². The predicted octanol–water partition coefficient (Wildman–Crippen LogP) is 3.44. The number of aromatic nitrogens is 1. The zero-order valence-electron chi connectivity index (χ0n) is 11.7. The second-order valence-corrected chi connectivity index (χ2v) is 7.73. The lowest BCUT2D eigenvalue weighted by molar-refractivity contribution is 0.104. The lowest BCUT2D eigenvalue weighted by atomic mass is 10.0. The van der Waals surface area contributed by atoms with Gasteiger partial charge in [0, 0.05) is 27.2 Å². The van der Waals surface area contributed by atoms with Gasteiger partial charge in [-0.05, 0) is 18.2 Å². The molecule has 0 saturated heterocycles. The van der Waals surface area contributed by atoms with E-state index in [-0.39, 0.29) is 5.78 Å². The van der Waals surface area contributed by atoms with E-state index in [2.05, 4.69) is 15.9 Å². The molecule has 0 aliphatic carbocycles. The number of carbonyl (C=O) groups is 1. The number of halogens is 1. The fourth-order valence-electron chi connectivity index (χ4n) is 2.39. The fraction of sp³-hybridized carbons (Fsp3) is 0.0625. The maximum atomic E-state index is 12.7. The van der Waals surface area contributed by atoms with E-state index in [0.29, 0.717) is 22.0 Å². The van der Waals surface area contributed by atoms with Crippen LogP contribution in [0.5, 0.6) is 0 Å². The van der Waals surface area contributed by atoms with Gasteiger partial charge in [0.2, 0.25) is 10.0 Å². The number of rotatable bonds is 3. The highest BCUT2D eigenvalue weighted by molar-refractivity contribution is 9.10. The van der Waals surface area contributed by atoms with E-state index in [9.17, 15) is 13.2 Å². The van der Waals surface area contributed by atoms with Crippen LogP contribution in [0.1, 0.15) is 15.9 Å². The largest absolute Gasteiger partial charge is 0.289 e. The molecule has 0 saturated carbocycles. The molecule has 112 valence electrons. The molecule has 0 bridgehead atoms. The second kappa shape index (κ2) is 5.37. The minimum absolute atomic E-state index is 0.208. The van der Waals surface area contributed by atoms with Crippen LogP contribution in [-0.2, 0) is 10.0 Å². The summed E-state index contributed by atoms with van der Waals surface area (Å²) in [4.78, 5) is 12.7. The van der Waals surface area contributed by atoms with Crippen molar-refractivity contribution in [3.63, 3.8) is 0 Å². The van der Waals surface area contributed by atoms with Crippen molar-refractivity contribution in [1.29, 1.82) is 0 Å². The zero-order valence-corrected chi connectivity index (χ0v) is 14.1. The smallest absolute Gasteiger partial charge is 0.236 e. The summed E-state index contributed by atoms with van der Waals surface area (Å²) in [5.74, 6) is -0.208. The minimum Gasteiger partial charge on any atom is -0.289 e. The van der Waals surface area contributed by atoms with E-state index in [4.69, 9.17) is 0 Å². The van der Waals surface area contributed by atoms with Gasteiger partial charge in [-0.3, -0.25) is 4.79 Å². The first-order valence-corrected chi connectivity index (χ1v) is 9.13. The Labute approximate surface area is 136 Å². The highest BCUT2D eigenvalue weighted by Gasteiger charge is 2.20. The molecule has 0 aliphatic rings. The first-order chi connectivity index (χ1) is 10.4. The highest BCUT2D eigenvalue weighted by Crippen LogP contribution is 2.25. The number of hydrogen-bond acceptors (Lipinski definition) is 3. The van der Waals surface area contributed by atoms with Gasteiger partial charge in [0.1, 0.15) is 0 Å². The molecule has 0 unspecified atom stereocenters. The Hall–Kier alpha value is -1.92. The molecule has 0 spiro atoms. The molecule has 0 amide bonds. The van der Waals surface area contributed by atoms with E-state index in [1.807, 2.05) is 6.07 Å². The monoisotopic (exact) mass is 377 g/mol. The van der Waals surface area contributed by atoms with Crippen molar-refractivity contribution in [1.82, 2.24) is 3.97 Å². The third-order valence-corrected chi connectivity index (χ3v) is 4.88. The lowest BCUT2D eigenvalue weighted by Crippen LogP contribution is -2.08. The van der Waals surface area contributed by atoms with Crippen LogP contribution in [0, 0.1) is 0 Å². The van der Waals surface area contributed by atoms with Gasteiger partial charge in [-0.15, -0.1) is 0 Å². The molecule has 22 heavy (non-hydrogen) atoms. The van der Waals surface area contributed by atoms with Crippen LogP contribution in [0.2, 0.25) is 0 Å². The summed E-state index contributed by atoms with van der Waals surface area (Å²) in [7, 11) is -3.48. The molecule has 2 aromatic carbocycles. The molecule has 3 rings (SSSR count). The van der Waals surface area contributed by atoms with Crippen molar-refractivity contribution < 1.29 is 13.2 Å². The van der Waals surface area contributed by atoms with Gasteiger partial charge >= 0.3 is 0 Å². The second-order valence-electron chi connectivity index (χ2n) is 4.96. The molecular formula is C16H12BrNO3S. The molecule has 6 heteroatoms. The first-order valence-electron chi connectivity index (χ1n) is 6.49. The van der Waals surface area contributed by atoms with Gasteiger partial charge in [-0.25, -0.2) is 12.4 Å². The minimum atomic E-state index is -3.48. The summed E-state index contributed by atoms with van der Waals surface area (Å²) >= 11 is 3.34. The average Bonchev–Trinajstić information content (AvgIpc) is 2.86. The van der Waals surface area contributed by atoms with Crippen molar-refractivity contribution >= 4 is 42.6 Å². The molecule has 0 atom stereocenters. The zero-order chi connectivity index (χ0) is 15.9. The number of para-hydroxylation sites is 1. The normalized spacial score (nSPS) is 11.7. The fourth-order valence-corrected chi connectivity index (χ4v) is 3.60. The number of carbonyl (C=O) groups excluding carboxylic acids is 1. The third kappa shape index (κ3) is 2.60. The SMILES string of the molecule is CS(=O)(=O)n1cc(C(=O)c2cccc(Br)c2)c2ccccc21. The Morgan fingerprint density at radius 2 is 1.82 bits per heavy atom. The van der Waals surface area contributed by atoms with Gasteiger partial charge in [0.25, 0.3) is 0 Å². The molecule has 0 radical (unpaired) electrons. The van der Waals surface area contributed by atoms with Crippen LogP contribution in [0.25, 0.3) is 10.9 Å². The standard InChI is InChI=1S/C16H12BrNO3S/c1-22(20,21)18-10-14(13-7-2-3-8-15(13)18)16(19)11-5-4-6-12(17)9-11/h2-10H,1H3. The molecule has 0 N–H and O–H groups in total. The maximum Gasteiger partial charge on any atom is 0.236 e. The third-order valence-electron chi connectivity index (χ3n) is 3.37. The summed E-state index contributed by atoms with van der Waals surface area (Å²) in [6.07, 6.45) is 2.51. The van der Waals surface area contributed by atoms with E-state index in [1.54, 1.807) is 42.5 Å². The van der Waals surface area contributed by atoms with Crippen molar-refractivity contribution in [2.45, 2.75) is 0 Å². The maximum absolute atomic E-state index is 12.7. The molecule has 0 aliphatic heterocycles. The number of benzene rings is 2. The van der Waals surface area contributed by atoms with E-state index >= 15 is 0 Å². The summed E-state index contributed by atoms with van der Waals surface area (Å²) in [5, 5.41) is 0.623. The van der Waals surface area contributed by atoms with Gasteiger partial charge in [0.15, 0.2) is 5.78 Å². The summed E-state index contributed by atoms with van der Waals surface area (Å²) < 4.78 is 25.8. The van der Waals surface area contributed by atoms with Crippen LogP contribution >= 0.6 is 15.9 Å². The van der Waals surface area contributed by atoms with Crippen LogP contribution < -0.4 is 0 Å². The summed E-state index contributed by atoms with van der Waals surface area (Å²) in [6.45, 7) is 0. The van der Waals surface area contributed by atoms with Crippen molar-refractivity contribution in [2.75, 3.05) is 6.26 Å². The number of hydrogen-bond donors (Lipinski definition) is 0. The van der Waals surface area contributed by atoms with E-state index < -0.39 is 10.0 Å². The van der Waals surface area contributed by atoms with Gasteiger partial charge in [-0.2, -0.15) is 0 Å². The van der Waals surface area contributed by atoms with Crippen molar-refractivity contribution in [3.05, 3.63) is 70.3 Å². The summed E-state index contributed by atoms with van der Waals surface area (Å²) in [5.41, 5.74) is 1.38. The first kappa shape index (κ1) is 15.0. The van der Waals surface area contributed by atoms with Crippen LogP contribution in [-0.4, -0.2) is 24.4 Å². The van der Waals surface area contributed by atoms with Crippen LogP contribution in [0.4, 0.5) is 0 Å². The van der Waals surface area contributed by atoms with Crippen molar-refractivity contribution in [2.24, 2.45) is 0 Å². The molecule has 1 aromatic heterocycles. The lowest BCUT2D eigenvalue weighted by Gasteiger charge is -2.00. The van der Waals surface area contributed by atoms with Gasteiger partial charge in [-0.1, -0.05) is 46.3 Å². The van der Waals surface area contributed by atoms with E-state index in [1.165, 1.54) is 6.20 Å². The van der Waals surface area contributed by atoms with Crippen LogP contribution in [0.3, 0.4) is 0 Å². The Morgan fingerprint density at radius 1 is 1.09 bits per heavy atom. The number of fused-ring (bicyclic) bond motifs is 1. The molecule has 1 heterocycles. The predicted molar refractivity (Wildman–Crippen MR) is 89.8 cm³/mol. The van der Waals surface area contributed by atoms with E-state index in [0.717, 1.165) is 14.7 Å². The molecule has 0 fully saturated rings. The van der Waals surface area contributed by atoms with Crippen molar-refractivity contribution in [3.8, 4) is 0 Å². The van der Waals surface area contributed by atoms with Gasteiger partial charge < -0.3 is 0 Å². The molecular weight excluding hydrogens is 366 g/mol.